The number of halogens is 1. The van der Waals surface area contributed by atoms with Crippen molar-refractivity contribution >= 4 is 5.91 Å². The number of nitrogens with one attached hydrogen (secondary N) is 1. The lowest BCUT2D eigenvalue weighted by atomic mass is 10.1. The van der Waals surface area contributed by atoms with E-state index in [0.717, 1.165) is 16.7 Å². The zero-order valence-corrected chi connectivity index (χ0v) is 13.8. The van der Waals surface area contributed by atoms with E-state index in [0.29, 0.717) is 24.7 Å². The van der Waals surface area contributed by atoms with Gasteiger partial charge in [-0.2, -0.15) is 0 Å². The summed E-state index contributed by atoms with van der Waals surface area (Å²) >= 11 is 0. The Kier molecular flexibility index (Phi) is 5.18. The predicted octanol–water partition coefficient (Wildman–Crippen LogP) is 3.09. The quantitative estimate of drug-likeness (QED) is 0.749. The molecule has 0 fully saturated rings. The molecule has 1 amide bonds. The zero-order valence-electron chi connectivity index (χ0n) is 13.8. The Morgan fingerprint density at radius 1 is 1.12 bits per heavy atom. The average Bonchev–Trinajstić information content (AvgIpc) is 3.06. The van der Waals surface area contributed by atoms with Crippen LogP contribution in [0.25, 0.3) is 11.5 Å². The molecule has 0 aliphatic heterocycles. The molecule has 1 heterocycles. The first-order valence-electron chi connectivity index (χ1n) is 8.01. The fourth-order valence-corrected chi connectivity index (χ4v) is 2.44. The Bertz CT molecular complexity index is 859. The maximum absolute atomic E-state index is 12.8. The van der Waals surface area contributed by atoms with E-state index in [-0.39, 0.29) is 18.1 Å². The molecule has 0 spiro atoms. The van der Waals surface area contributed by atoms with Crippen LogP contribution in [0, 0.1) is 12.7 Å². The molecule has 3 aromatic rings. The van der Waals surface area contributed by atoms with E-state index >= 15 is 0 Å². The summed E-state index contributed by atoms with van der Waals surface area (Å²) in [5.41, 5.74) is 2.73. The maximum Gasteiger partial charge on any atom is 0.247 e. The summed E-state index contributed by atoms with van der Waals surface area (Å²) in [6.07, 6.45) is 0.659. The minimum atomic E-state index is -0.315. The van der Waals surface area contributed by atoms with Gasteiger partial charge in [0.25, 0.3) is 0 Å². The molecule has 0 saturated heterocycles. The van der Waals surface area contributed by atoms with Crippen LogP contribution in [0.1, 0.15) is 17.0 Å². The first-order chi connectivity index (χ1) is 12.1. The fraction of sp³-hybridized carbons (Fsp3) is 0.211. The van der Waals surface area contributed by atoms with Crippen LogP contribution in [0.5, 0.6) is 0 Å². The number of rotatable bonds is 6. The third kappa shape index (κ3) is 4.50. The monoisotopic (exact) mass is 339 g/mol. The fourth-order valence-electron chi connectivity index (χ4n) is 2.44. The number of nitrogens with zero attached hydrogens (tertiary/aromatic N) is 2. The highest BCUT2D eigenvalue weighted by molar-refractivity contribution is 5.78. The highest BCUT2D eigenvalue weighted by atomic mass is 19.1. The van der Waals surface area contributed by atoms with Gasteiger partial charge in [0.15, 0.2) is 0 Å². The van der Waals surface area contributed by atoms with Gasteiger partial charge in [-0.05, 0) is 36.2 Å². The number of benzene rings is 2. The van der Waals surface area contributed by atoms with Crippen LogP contribution < -0.4 is 5.32 Å². The van der Waals surface area contributed by atoms with Crippen LogP contribution in [0.15, 0.2) is 52.9 Å². The summed E-state index contributed by atoms with van der Waals surface area (Å²) in [5.74, 6) is 0.501. The normalized spacial score (nSPS) is 10.6. The zero-order chi connectivity index (χ0) is 17.6. The van der Waals surface area contributed by atoms with Crippen molar-refractivity contribution in [2.75, 3.05) is 6.54 Å². The van der Waals surface area contributed by atoms with Crippen LogP contribution in [-0.2, 0) is 17.6 Å². The Labute approximate surface area is 144 Å². The highest BCUT2D eigenvalue weighted by Gasteiger charge is 2.11. The molecule has 0 aliphatic rings. The number of aryl methyl sites for hydroxylation is 1. The third-order valence-electron chi connectivity index (χ3n) is 3.78. The van der Waals surface area contributed by atoms with Gasteiger partial charge in [-0.15, -0.1) is 10.2 Å². The molecule has 0 saturated carbocycles. The standard InChI is InChI=1S/C19H18FN3O2/c1-13-4-2-3-5-16(13)19-23-22-18(25-19)10-11-21-17(24)12-14-6-8-15(20)9-7-14/h2-9H,10-12H2,1H3,(H,21,24). The van der Waals surface area contributed by atoms with Crippen LogP contribution in [0.2, 0.25) is 0 Å². The topological polar surface area (TPSA) is 68.0 Å². The lowest BCUT2D eigenvalue weighted by Crippen LogP contribution is -2.27. The van der Waals surface area contributed by atoms with E-state index in [2.05, 4.69) is 15.5 Å². The van der Waals surface area contributed by atoms with Crippen molar-refractivity contribution in [3.63, 3.8) is 0 Å². The van der Waals surface area contributed by atoms with Gasteiger partial charge in [0, 0.05) is 18.5 Å². The SMILES string of the molecule is Cc1ccccc1-c1nnc(CCNC(=O)Cc2ccc(F)cc2)o1. The van der Waals surface area contributed by atoms with Crippen molar-refractivity contribution in [3.8, 4) is 11.5 Å². The molecule has 0 atom stereocenters. The molecule has 0 radical (unpaired) electrons. The van der Waals surface area contributed by atoms with Gasteiger partial charge in [0.2, 0.25) is 17.7 Å². The Balaban J connectivity index is 1.50. The molecular weight excluding hydrogens is 321 g/mol. The molecule has 0 bridgehead atoms. The van der Waals surface area contributed by atoms with E-state index < -0.39 is 0 Å². The van der Waals surface area contributed by atoms with Gasteiger partial charge in [0.05, 0.1) is 6.42 Å². The smallest absolute Gasteiger partial charge is 0.247 e. The second-order valence-corrected chi connectivity index (χ2v) is 5.72. The summed E-state index contributed by atoms with van der Waals surface area (Å²) in [4.78, 5) is 11.9. The Morgan fingerprint density at radius 3 is 2.64 bits per heavy atom. The summed E-state index contributed by atoms with van der Waals surface area (Å²) in [7, 11) is 0. The largest absolute Gasteiger partial charge is 0.421 e. The van der Waals surface area contributed by atoms with Crippen molar-refractivity contribution < 1.29 is 13.6 Å². The Hall–Kier alpha value is -3.02. The van der Waals surface area contributed by atoms with E-state index in [1.165, 1.54) is 12.1 Å². The lowest BCUT2D eigenvalue weighted by molar-refractivity contribution is -0.120. The predicted molar refractivity (Wildman–Crippen MR) is 91.3 cm³/mol. The van der Waals surface area contributed by atoms with Crippen LogP contribution in [0.3, 0.4) is 0 Å². The third-order valence-corrected chi connectivity index (χ3v) is 3.78. The average molecular weight is 339 g/mol. The molecule has 0 aliphatic carbocycles. The molecule has 128 valence electrons. The number of amides is 1. The number of carbonyl (C=O) groups excluding carboxylic acids is 1. The number of hydrogen-bond donors (Lipinski definition) is 1. The van der Waals surface area contributed by atoms with Crippen LogP contribution in [-0.4, -0.2) is 22.6 Å². The van der Waals surface area contributed by atoms with Gasteiger partial charge in [-0.1, -0.05) is 30.3 Å². The van der Waals surface area contributed by atoms with Gasteiger partial charge < -0.3 is 9.73 Å². The van der Waals surface area contributed by atoms with Crippen LogP contribution >= 0.6 is 0 Å². The number of hydrogen-bond acceptors (Lipinski definition) is 4. The van der Waals surface area contributed by atoms with Crippen molar-refractivity contribution in [1.82, 2.24) is 15.5 Å². The van der Waals surface area contributed by atoms with E-state index in [4.69, 9.17) is 4.42 Å². The van der Waals surface area contributed by atoms with E-state index in [1.54, 1.807) is 12.1 Å². The minimum absolute atomic E-state index is 0.134. The summed E-state index contributed by atoms with van der Waals surface area (Å²) in [6, 6.07) is 13.7. The molecule has 3 rings (SSSR count). The first kappa shape index (κ1) is 16.8. The van der Waals surface area contributed by atoms with Crippen molar-refractivity contribution in [2.45, 2.75) is 19.8 Å². The maximum atomic E-state index is 12.8. The second kappa shape index (κ2) is 7.70. The minimum Gasteiger partial charge on any atom is -0.421 e. The van der Waals surface area contributed by atoms with Crippen molar-refractivity contribution in [2.24, 2.45) is 0 Å². The van der Waals surface area contributed by atoms with Gasteiger partial charge in [-0.25, -0.2) is 4.39 Å². The molecular formula is C19H18FN3O2. The van der Waals surface area contributed by atoms with Crippen molar-refractivity contribution in [1.29, 1.82) is 0 Å². The van der Waals surface area contributed by atoms with Gasteiger partial charge in [-0.3, -0.25) is 4.79 Å². The van der Waals surface area contributed by atoms with Gasteiger partial charge >= 0.3 is 0 Å². The highest BCUT2D eigenvalue weighted by Crippen LogP contribution is 2.21. The molecule has 2 aromatic carbocycles. The summed E-state index contributed by atoms with van der Waals surface area (Å²) in [6.45, 7) is 2.38. The van der Waals surface area contributed by atoms with E-state index in [9.17, 15) is 9.18 Å². The number of carbonyl (C=O) groups is 1. The second-order valence-electron chi connectivity index (χ2n) is 5.72. The molecule has 25 heavy (non-hydrogen) atoms. The molecule has 1 N–H and O–H groups in total. The lowest BCUT2D eigenvalue weighted by Gasteiger charge is -2.04. The summed E-state index contributed by atoms with van der Waals surface area (Å²) < 4.78 is 18.5. The molecule has 5 nitrogen and oxygen atoms in total. The molecule has 6 heteroatoms. The Morgan fingerprint density at radius 2 is 1.88 bits per heavy atom. The molecule has 0 unspecified atom stereocenters. The number of aromatic nitrogens is 2. The first-order valence-corrected chi connectivity index (χ1v) is 8.01. The van der Waals surface area contributed by atoms with E-state index in [1.807, 2.05) is 31.2 Å². The summed E-state index contributed by atoms with van der Waals surface area (Å²) in [5, 5.41) is 10.9. The van der Waals surface area contributed by atoms with Gasteiger partial charge in [0.1, 0.15) is 5.82 Å². The molecule has 1 aromatic heterocycles. The van der Waals surface area contributed by atoms with Crippen LogP contribution in [0.4, 0.5) is 4.39 Å². The van der Waals surface area contributed by atoms with Crippen molar-refractivity contribution in [3.05, 3.63) is 71.4 Å².